The summed E-state index contributed by atoms with van der Waals surface area (Å²) in [7, 11) is 0. The zero-order chi connectivity index (χ0) is 18.0. The van der Waals surface area contributed by atoms with E-state index in [1.807, 2.05) is 0 Å². The Labute approximate surface area is 156 Å². The summed E-state index contributed by atoms with van der Waals surface area (Å²) in [6, 6.07) is 11.3. The van der Waals surface area contributed by atoms with Crippen LogP contribution in [0.2, 0.25) is 10.0 Å². The molecule has 2 N–H and O–H groups in total. The second kappa shape index (κ2) is 7.30. The summed E-state index contributed by atoms with van der Waals surface area (Å²) in [4.78, 5) is 10.2. The number of hydrogen-bond donors (Lipinski definition) is 1. The van der Waals surface area contributed by atoms with Crippen LogP contribution in [-0.4, -0.2) is 19.8 Å². The van der Waals surface area contributed by atoms with E-state index in [1.165, 1.54) is 28.6 Å². The Bertz CT molecular complexity index is 930. The van der Waals surface area contributed by atoms with Crippen LogP contribution in [0.15, 0.2) is 47.6 Å². The van der Waals surface area contributed by atoms with Crippen LogP contribution in [0.25, 0.3) is 11.4 Å². The molecule has 0 radical (unpaired) electrons. The number of nitrogens with two attached hydrogens (primary N) is 1. The quantitative estimate of drug-likeness (QED) is 0.301. The molecule has 0 aliphatic rings. The van der Waals surface area contributed by atoms with E-state index in [4.69, 9.17) is 29.0 Å². The first-order valence-corrected chi connectivity index (χ1v) is 8.72. The van der Waals surface area contributed by atoms with Gasteiger partial charge in [0, 0.05) is 28.5 Å². The summed E-state index contributed by atoms with van der Waals surface area (Å²) in [6.45, 7) is 0. The van der Waals surface area contributed by atoms with Crippen LogP contribution < -0.4 is 5.84 Å². The Kier molecular flexibility index (Phi) is 5.12. The number of benzene rings is 2. The Balaban J connectivity index is 1.76. The molecular weight excluding hydrogens is 385 g/mol. The maximum Gasteiger partial charge on any atom is 0.269 e. The first-order valence-electron chi connectivity index (χ1n) is 6.98. The molecule has 0 saturated heterocycles. The Hall–Kier alpha value is -2.29. The van der Waals surface area contributed by atoms with Gasteiger partial charge in [-0.15, -0.1) is 10.2 Å². The normalized spacial score (nSPS) is 10.8. The SMILES string of the molecule is Nn1c(SCc2ccc([N+](=O)[O-])cc2)nnc1-c1ccc(Cl)cc1Cl. The van der Waals surface area contributed by atoms with Gasteiger partial charge in [-0.3, -0.25) is 10.1 Å². The molecule has 25 heavy (non-hydrogen) atoms. The van der Waals surface area contributed by atoms with Gasteiger partial charge >= 0.3 is 0 Å². The van der Waals surface area contributed by atoms with Gasteiger partial charge in [-0.1, -0.05) is 47.1 Å². The number of nitro groups is 1. The van der Waals surface area contributed by atoms with Gasteiger partial charge in [-0.2, -0.15) is 0 Å². The highest BCUT2D eigenvalue weighted by atomic mass is 35.5. The maximum absolute atomic E-state index is 10.7. The fourth-order valence-corrected chi connectivity index (χ4v) is 3.40. The van der Waals surface area contributed by atoms with Crippen molar-refractivity contribution in [3.05, 3.63) is 68.2 Å². The van der Waals surface area contributed by atoms with Gasteiger partial charge in [0.25, 0.3) is 5.69 Å². The standard InChI is InChI=1S/C15H11Cl2N5O2S/c16-10-3-6-12(13(17)7-10)14-19-20-15(21(14)18)25-8-9-1-4-11(5-2-9)22(23)24/h1-7H,8,18H2. The Morgan fingerprint density at radius 3 is 2.52 bits per heavy atom. The summed E-state index contributed by atoms with van der Waals surface area (Å²) in [5.41, 5.74) is 1.59. The van der Waals surface area contributed by atoms with Gasteiger partial charge in [-0.05, 0) is 23.8 Å². The van der Waals surface area contributed by atoms with E-state index in [2.05, 4.69) is 10.2 Å². The second-order valence-corrected chi connectivity index (χ2v) is 6.80. The average molecular weight is 396 g/mol. The van der Waals surface area contributed by atoms with Crippen molar-refractivity contribution in [2.45, 2.75) is 10.9 Å². The highest BCUT2D eigenvalue weighted by molar-refractivity contribution is 7.98. The summed E-state index contributed by atoms with van der Waals surface area (Å²) < 4.78 is 1.35. The monoisotopic (exact) mass is 395 g/mol. The van der Waals surface area contributed by atoms with Gasteiger partial charge in [0.2, 0.25) is 5.16 Å². The minimum atomic E-state index is -0.435. The van der Waals surface area contributed by atoms with Crippen LogP contribution in [0.3, 0.4) is 0 Å². The molecule has 0 spiro atoms. The average Bonchev–Trinajstić information content (AvgIpc) is 2.94. The van der Waals surface area contributed by atoms with Crippen molar-refractivity contribution in [3.8, 4) is 11.4 Å². The van der Waals surface area contributed by atoms with Gasteiger partial charge in [0.15, 0.2) is 5.82 Å². The van der Waals surface area contributed by atoms with Crippen molar-refractivity contribution in [3.63, 3.8) is 0 Å². The van der Waals surface area contributed by atoms with E-state index in [0.717, 1.165) is 5.56 Å². The smallest absolute Gasteiger partial charge is 0.269 e. The van der Waals surface area contributed by atoms with E-state index in [-0.39, 0.29) is 5.69 Å². The van der Waals surface area contributed by atoms with E-state index in [9.17, 15) is 10.1 Å². The number of rotatable bonds is 5. The van der Waals surface area contributed by atoms with Crippen molar-refractivity contribution in [1.29, 1.82) is 0 Å². The number of halogens is 2. The molecule has 1 aromatic heterocycles. The van der Waals surface area contributed by atoms with Gasteiger partial charge in [0.05, 0.1) is 9.95 Å². The van der Waals surface area contributed by atoms with Gasteiger partial charge in [0.1, 0.15) is 0 Å². The van der Waals surface area contributed by atoms with Crippen LogP contribution in [0.1, 0.15) is 5.56 Å². The van der Waals surface area contributed by atoms with Gasteiger partial charge < -0.3 is 5.84 Å². The Morgan fingerprint density at radius 2 is 1.88 bits per heavy atom. The number of nitrogens with zero attached hydrogens (tertiary/aromatic N) is 4. The summed E-state index contributed by atoms with van der Waals surface area (Å²) in [6.07, 6.45) is 0. The molecule has 0 unspecified atom stereocenters. The molecule has 128 valence electrons. The minimum Gasteiger partial charge on any atom is -0.335 e. The molecule has 0 atom stereocenters. The van der Waals surface area contributed by atoms with E-state index >= 15 is 0 Å². The molecule has 0 aliphatic carbocycles. The van der Waals surface area contributed by atoms with Crippen molar-refractivity contribution in [2.24, 2.45) is 0 Å². The van der Waals surface area contributed by atoms with E-state index in [0.29, 0.717) is 32.3 Å². The van der Waals surface area contributed by atoms with Crippen molar-refractivity contribution >= 4 is 40.7 Å². The van der Waals surface area contributed by atoms with Crippen LogP contribution in [-0.2, 0) is 5.75 Å². The number of aromatic nitrogens is 3. The first kappa shape index (κ1) is 17.5. The third-order valence-electron chi connectivity index (χ3n) is 3.35. The van der Waals surface area contributed by atoms with Crippen molar-refractivity contribution < 1.29 is 4.92 Å². The fourth-order valence-electron chi connectivity index (χ4n) is 2.09. The lowest BCUT2D eigenvalue weighted by atomic mass is 10.2. The highest BCUT2D eigenvalue weighted by Gasteiger charge is 2.15. The number of nitro benzene ring substituents is 1. The molecule has 2 aromatic carbocycles. The van der Waals surface area contributed by atoms with Crippen LogP contribution >= 0.6 is 35.0 Å². The van der Waals surface area contributed by atoms with Crippen LogP contribution in [0, 0.1) is 10.1 Å². The molecule has 0 saturated carbocycles. The van der Waals surface area contributed by atoms with E-state index < -0.39 is 4.92 Å². The predicted octanol–water partition coefficient (Wildman–Crippen LogP) is 4.17. The van der Waals surface area contributed by atoms with Crippen LogP contribution in [0.5, 0.6) is 0 Å². The lowest BCUT2D eigenvalue weighted by Gasteiger charge is -2.06. The molecule has 0 fully saturated rings. The third kappa shape index (κ3) is 3.87. The van der Waals surface area contributed by atoms with E-state index in [1.54, 1.807) is 30.3 Å². The number of hydrogen-bond acceptors (Lipinski definition) is 6. The lowest BCUT2D eigenvalue weighted by molar-refractivity contribution is -0.384. The molecule has 0 amide bonds. The molecule has 0 aliphatic heterocycles. The summed E-state index contributed by atoms with van der Waals surface area (Å²) in [5.74, 6) is 7.03. The Morgan fingerprint density at radius 1 is 1.16 bits per heavy atom. The maximum atomic E-state index is 10.7. The zero-order valence-corrected chi connectivity index (χ0v) is 14.9. The number of non-ortho nitro benzene ring substituents is 1. The largest absolute Gasteiger partial charge is 0.335 e. The summed E-state index contributed by atoms with van der Waals surface area (Å²) in [5, 5.41) is 20.3. The zero-order valence-electron chi connectivity index (χ0n) is 12.6. The number of nitrogen functional groups attached to an aromatic ring is 1. The molecule has 1 heterocycles. The topological polar surface area (TPSA) is 99.9 Å². The second-order valence-electron chi connectivity index (χ2n) is 5.01. The molecule has 7 nitrogen and oxygen atoms in total. The fraction of sp³-hybridized carbons (Fsp3) is 0.0667. The minimum absolute atomic E-state index is 0.0513. The molecular formula is C15H11Cl2N5O2S. The lowest BCUT2D eigenvalue weighted by Crippen LogP contribution is -2.11. The first-order chi connectivity index (χ1) is 12.0. The molecule has 0 bridgehead atoms. The van der Waals surface area contributed by atoms with Crippen molar-refractivity contribution in [1.82, 2.24) is 14.9 Å². The molecule has 3 rings (SSSR count). The van der Waals surface area contributed by atoms with Crippen molar-refractivity contribution in [2.75, 3.05) is 5.84 Å². The highest BCUT2D eigenvalue weighted by Crippen LogP contribution is 2.31. The molecule has 10 heteroatoms. The third-order valence-corrected chi connectivity index (χ3v) is 4.91. The summed E-state index contributed by atoms with van der Waals surface area (Å²) >= 11 is 13.4. The molecule has 3 aromatic rings. The number of thioether (sulfide) groups is 1. The van der Waals surface area contributed by atoms with Crippen LogP contribution in [0.4, 0.5) is 5.69 Å². The predicted molar refractivity (Wildman–Crippen MR) is 98.3 cm³/mol. The van der Waals surface area contributed by atoms with Gasteiger partial charge in [-0.25, -0.2) is 4.68 Å².